The smallest absolute Gasteiger partial charge is 0.321 e. The van der Waals surface area contributed by atoms with Gasteiger partial charge >= 0.3 is 5.97 Å². The van der Waals surface area contributed by atoms with Gasteiger partial charge in [-0.15, -0.1) is 11.8 Å². The molecule has 0 aromatic carbocycles. The number of likely N-dealkylation sites (tertiary alicyclic amines) is 1. The van der Waals surface area contributed by atoms with Gasteiger partial charge in [-0.3, -0.25) is 19.3 Å². The summed E-state index contributed by atoms with van der Waals surface area (Å²) >= 11 is 1.14. The van der Waals surface area contributed by atoms with Crippen molar-refractivity contribution >= 4 is 29.5 Å². The second-order valence-electron chi connectivity index (χ2n) is 3.85. The first kappa shape index (κ1) is 14.0. The molecule has 2 amide bonds. The molecule has 0 saturated carbocycles. The van der Waals surface area contributed by atoms with Gasteiger partial charge in [-0.05, 0) is 6.42 Å². The molecule has 1 rings (SSSR count). The van der Waals surface area contributed by atoms with Gasteiger partial charge in [0.25, 0.3) is 0 Å². The molecule has 0 radical (unpaired) electrons. The molecule has 7 heteroatoms. The van der Waals surface area contributed by atoms with E-state index in [4.69, 9.17) is 10.8 Å². The van der Waals surface area contributed by atoms with Crippen LogP contribution in [-0.2, 0) is 14.4 Å². The number of hydrogen-bond acceptors (Lipinski definition) is 5. The van der Waals surface area contributed by atoms with Gasteiger partial charge in [0, 0.05) is 18.7 Å². The van der Waals surface area contributed by atoms with Gasteiger partial charge < -0.3 is 10.8 Å². The van der Waals surface area contributed by atoms with Crippen molar-refractivity contribution in [1.29, 1.82) is 0 Å². The van der Waals surface area contributed by atoms with Gasteiger partial charge in [-0.1, -0.05) is 6.92 Å². The fraction of sp³-hybridized carbons (Fsp3) is 0.700. The normalized spacial score (nSPS) is 22.0. The zero-order valence-electron chi connectivity index (χ0n) is 9.59. The maximum atomic E-state index is 11.8. The third-order valence-electron chi connectivity index (χ3n) is 2.44. The van der Waals surface area contributed by atoms with Crippen molar-refractivity contribution in [3.63, 3.8) is 0 Å². The number of aliphatic carboxylic acids is 1. The van der Waals surface area contributed by atoms with Crippen LogP contribution in [-0.4, -0.2) is 51.4 Å². The molecule has 17 heavy (non-hydrogen) atoms. The Labute approximate surface area is 104 Å². The number of hydrogen-bond donors (Lipinski definition) is 2. The second-order valence-corrected chi connectivity index (χ2v) is 5.09. The minimum atomic E-state index is -1.10. The number of thioether (sulfide) groups is 1. The molecule has 6 nitrogen and oxygen atoms in total. The second kappa shape index (κ2) is 6.02. The van der Waals surface area contributed by atoms with Crippen LogP contribution in [0.25, 0.3) is 0 Å². The summed E-state index contributed by atoms with van der Waals surface area (Å²) in [5.41, 5.74) is 5.34. The third kappa shape index (κ3) is 3.44. The first-order valence-corrected chi connectivity index (χ1v) is 6.46. The van der Waals surface area contributed by atoms with E-state index in [2.05, 4.69) is 0 Å². The number of carbonyl (C=O) groups is 3. The van der Waals surface area contributed by atoms with Crippen LogP contribution in [0.15, 0.2) is 0 Å². The zero-order chi connectivity index (χ0) is 13.0. The SMILES string of the molecule is CCCN1C(=O)CC(SC[C@H](N)C(=O)O)C1=O. The summed E-state index contributed by atoms with van der Waals surface area (Å²) in [7, 11) is 0. The topological polar surface area (TPSA) is 101 Å². The summed E-state index contributed by atoms with van der Waals surface area (Å²) in [6.45, 7) is 2.32. The fourth-order valence-corrected chi connectivity index (χ4v) is 2.65. The lowest BCUT2D eigenvalue weighted by atomic mass is 10.3. The minimum Gasteiger partial charge on any atom is -0.480 e. The number of amides is 2. The van der Waals surface area contributed by atoms with E-state index in [1.807, 2.05) is 6.92 Å². The third-order valence-corrected chi connectivity index (χ3v) is 3.77. The maximum absolute atomic E-state index is 11.8. The van der Waals surface area contributed by atoms with E-state index in [-0.39, 0.29) is 24.0 Å². The van der Waals surface area contributed by atoms with Crippen molar-refractivity contribution in [3.05, 3.63) is 0 Å². The van der Waals surface area contributed by atoms with Crippen LogP contribution in [0.3, 0.4) is 0 Å². The van der Waals surface area contributed by atoms with E-state index in [0.29, 0.717) is 6.54 Å². The van der Waals surface area contributed by atoms with E-state index in [0.717, 1.165) is 18.2 Å². The molecule has 0 bridgehead atoms. The highest BCUT2D eigenvalue weighted by atomic mass is 32.2. The molecule has 0 aromatic rings. The molecule has 3 N–H and O–H groups in total. The summed E-state index contributed by atoms with van der Waals surface area (Å²) in [4.78, 5) is 35.0. The van der Waals surface area contributed by atoms with Gasteiger partial charge in [-0.25, -0.2) is 0 Å². The summed E-state index contributed by atoms with van der Waals surface area (Å²) in [6.07, 6.45) is 0.874. The van der Waals surface area contributed by atoms with Crippen LogP contribution in [0.4, 0.5) is 0 Å². The number of nitrogens with zero attached hydrogens (tertiary/aromatic N) is 1. The van der Waals surface area contributed by atoms with Crippen LogP contribution in [0.1, 0.15) is 19.8 Å². The Morgan fingerprint density at radius 2 is 2.29 bits per heavy atom. The predicted molar refractivity (Wildman–Crippen MR) is 63.5 cm³/mol. The van der Waals surface area contributed by atoms with Gasteiger partial charge in [0.05, 0.1) is 5.25 Å². The molecule has 1 aliphatic heterocycles. The molecule has 0 spiro atoms. The van der Waals surface area contributed by atoms with Gasteiger partial charge in [0.2, 0.25) is 11.8 Å². The summed E-state index contributed by atoms with van der Waals surface area (Å²) < 4.78 is 0. The van der Waals surface area contributed by atoms with Crippen molar-refractivity contribution in [2.24, 2.45) is 5.73 Å². The molecule has 1 aliphatic rings. The van der Waals surface area contributed by atoms with Gasteiger partial charge in [0.15, 0.2) is 0 Å². The number of carbonyl (C=O) groups excluding carboxylic acids is 2. The van der Waals surface area contributed by atoms with E-state index >= 15 is 0 Å². The molecular formula is C10H16N2O4S. The Balaban J connectivity index is 2.49. The summed E-state index contributed by atoms with van der Waals surface area (Å²) in [6, 6.07) is -0.997. The highest BCUT2D eigenvalue weighted by Gasteiger charge is 2.38. The Bertz CT molecular complexity index is 334. The highest BCUT2D eigenvalue weighted by Crippen LogP contribution is 2.25. The molecule has 2 atom stereocenters. The zero-order valence-corrected chi connectivity index (χ0v) is 10.4. The van der Waals surface area contributed by atoms with Crippen molar-refractivity contribution < 1.29 is 19.5 Å². The van der Waals surface area contributed by atoms with E-state index in [9.17, 15) is 14.4 Å². The van der Waals surface area contributed by atoms with Crippen molar-refractivity contribution in [1.82, 2.24) is 4.90 Å². The van der Waals surface area contributed by atoms with Crippen molar-refractivity contribution in [2.75, 3.05) is 12.3 Å². The van der Waals surface area contributed by atoms with E-state index < -0.39 is 17.3 Å². The number of carboxylic acids is 1. The maximum Gasteiger partial charge on any atom is 0.321 e. The Morgan fingerprint density at radius 3 is 2.82 bits per heavy atom. The molecule has 1 fully saturated rings. The number of imide groups is 1. The largest absolute Gasteiger partial charge is 0.480 e. The van der Waals surface area contributed by atoms with Crippen molar-refractivity contribution in [2.45, 2.75) is 31.1 Å². The van der Waals surface area contributed by atoms with Gasteiger partial charge in [0.1, 0.15) is 6.04 Å². The first-order chi connectivity index (χ1) is 7.97. The van der Waals surface area contributed by atoms with Gasteiger partial charge in [-0.2, -0.15) is 0 Å². The molecule has 1 heterocycles. The van der Waals surface area contributed by atoms with Crippen LogP contribution >= 0.6 is 11.8 Å². The number of carboxylic acid groups (broad SMARTS) is 1. The van der Waals surface area contributed by atoms with Crippen LogP contribution in [0, 0.1) is 0 Å². The van der Waals surface area contributed by atoms with Crippen LogP contribution < -0.4 is 5.73 Å². The average Bonchev–Trinajstić information content (AvgIpc) is 2.53. The summed E-state index contributed by atoms with van der Waals surface area (Å²) in [5, 5.41) is 8.14. The molecule has 96 valence electrons. The van der Waals surface area contributed by atoms with E-state index in [1.54, 1.807) is 0 Å². The van der Waals surface area contributed by atoms with Crippen molar-refractivity contribution in [3.8, 4) is 0 Å². The summed E-state index contributed by atoms with van der Waals surface area (Å²) in [5.74, 6) is -1.36. The molecular weight excluding hydrogens is 244 g/mol. The number of nitrogens with two attached hydrogens (primary N) is 1. The lowest BCUT2D eigenvalue weighted by Crippen LogP contribution is -2.35. The molecule has 0 aliphatic carbocycles. The quantitative estimate of drug-likeness (QED) is 0.634. The average molecular weight is 260 g/mol. The molecule has 1 saturated heterocycles. The Kier molecular flexibility index (Phi) is 4.95. The molecule has 0 aromatic heterocycles. The monoisotopic (exact) mass is 260 g/mol. The van der Waals surface area contributed by atoms with Crippen LogP contribution in [0.5, 0.6) is 0 Å². The lowest BCUT2D eigenvalue weighted by molar-refractivity contribution is -0.139. The lowest BCUT2D eigenvalue weighted by Gasteiger charge is -2.13. The Hall–Kier alpha value is -1.08. The fourth-order valence-electron chi connectivity index (χ4n) is 1.53. The first-order valence-electron chi connectivity index (χ1n) is 5.41. The molecule has 1 unspecified atom stereocenters. The van der Waals surface area contributed by atoms with Crippen LogP contribution in [0.2, 0.25) is 0 Å². The van der Waals surface area contributed by atoms with E-state index in [1.165, 1.54) is 4.90 Å². The minimum absolute atomic E-state index is 0.138. The highest BCUT2D eigenvalue weighted by molar-refractivity contribution is 8.00. The number of rotatable bonds is 6. The standard InChI is InChI=1S/C10H16N2O4S/c1-2-3-12-8(13)4-7(9(12)14)17-5-6(11)10(15)16/h6-7H,2-5,11H2,1H3,(H,15,16)/t6-,7?/m0/s1. The Morgan fingerprint density at radius 1 is 1.65 bits per heavy atom. The predicted octanol–water partition coefficient (Wildman–Crippen LogP) is -0.331.